The van der Waals surface area contributed by atoms with Crippen LogP contribution in [-0.2, 0) is 20.6 Å². The Hall–Kier alpha value is -1.10. The molecule has 10 atom stereocenters. The zero-order valence-electron chi connectivity index (χ0n) is 20.5. The predicted octanol–water partition coefficient (Wildman–Crippen LogP) is 1.48. The average molecular weight is 480 g/mol. The van der Waals surface area contributed by atoms with Crippen LogP contribution >= 0.6 is 0 Å². The number of unbranched alkanes of at least 4 members (excludes halogenated alkanes) is 2. The van der Waals surface area contributed by atoms with Crippen molar-refractivity contribution in [3.05, 3.63) is 35.9 Å². The minimum Gasteiger partial charge on any atom is -0.391 e. The highest BCUT2D eigenvalue weighted by Crippen LogP contribution is 2.49. The molecule has 0 aromatic heterocycles. The van der Waals surface area contributed by atoms with Crippen molar-refractivity contribution in [3.63, 3.8) is 0 Å². The highest BCUT2D eigenvalue weighted by Gasteiger charge is 2.68. The van der Waals surface area contributed by atoms with E-state index < -0.39 is 54.1 Å². The summed E-state index contributed by atoms with van der Waals surface area (Å²) in [6.45, 7) is 3.74. The number of ether oxygens (including phenoxy) is 3. The van der Waals surface area contributed by atoms with Gasteiger partial charge in [0.2, 0.25) is 12.1 Å². The lowest BCUT2D eigenvalue weighted by atomic mass is 9.73. The summed E-state index contributed by atoms with van der Waals surface area (Å²) < 4.78 is 18.2. The lowest BCUT2D eigenvalue weighted by Crippen LogP contribution is -2.78. The molecule has 4 rings (SSSR count). The number of hydrogen-bond donors (Lipinski definition) is 5. The van der Waals surface area contributed by atoms with E-state index in [-0.39, 0.29) is 12.5 Å². The van der Waals surface area contributed by atoms with Crippen molar-refractivity contribution in [2.24, 2.45) is 5.92 Å². The lowest BCUT2D eigenvalue weighted by molar-refractivity contribution is -0.485. The standard InChI is InChI=1S/C26H41NO7/c1-4-18-20(28)19(27-3)22-23(21(18)29)33-24-26(31,34-22)25(30,15-16(2)32-24)14-10-6-9-13-17-11-7-5-8-12-17/h5,7-8,11-12,16,18-24,27-31H,4,6,9-10,13-15H2,1-3H3/t16-,18-,19+,20+,21+,22-,23-,24+,25+,26-/m1/s1. The molecule has 2 saturated heterocycles. The Labute approximate surface area is 202 Å². The SMILES string of the molecule is CC[C@@H]1[C@H](O)[C@H](NC)[C@H]2O[C@]3(O)[C@H](O[C@@H]2[C@H]1O)O[C@H](C)C[C@@]3(O)CCCCCc1ccccc1. The van der Waals surface area contributed by atoms with Crippen LogP contribution < -0.4 is 5.32 Å². The molecule has 0 bridgehead atoms. The van der Waals surface area contributed by atoms with Gasteiger partial charge in [0.15, 0.2) is 0 Å². The highest BCUT2D eigenvalue weighted by atomic mass is 16.8. The lowest BCUT2D eigenvalue weighted by Gasteiger charge is -2.60. The van der Waals surface area contributed by atoms with Gasteiger partial charge < -0.3 is 40.0 Å². The maximum atomic E-state index is 11.7. The van der Waals surface area contributed by atoms with Gasteiger partial charge in [0.05, 0.1) is 24.4 Å². The number of benzene rings is 1. The third kappa shape index (κ3) is 4.67. The molecule has 0 amide bonds. The summed E-state index contributed by atoms with van der Waals surface area (Å²) in [6.07, 6.45) is -0.445. The zero-order chi connectivity index (χ0) is 24.5. The molecule has 5 N–H and O–H groups in total. The van der Waals surface area contributed by atoms with Gasteiger partial charge in [-0.3, -0.25) is 0 Å². The highest BCUT2D eigenvalue weighted by molar-refractivity contribution is 5.14. The van der Waals surface area contributed by atoms with Gasteiger partial charge in [-0.05, 0) is 45.2 Å². The number of aliphatic hydroxyl groups excluding tert-OH is 2. The van der Waals surface area contributed by atoms with Crippen molar-refractivity contribution in [1.82, 2.24) is 5.32 Å². The second-order valence-electron chi connectivity index (χ2n) is 10.3. The molecule has 1 aliphatic carbocycles. The van der Waals surface area contributed by atoms with E-state index in [0.717, 1.165) is 19.3 Å². The van der Waals surface area contributed by atoms with E-state index in [1.807, 2.05) is 32.0 Å². The molecule has 192 valence electrons. The summed E-state index contributed by atoms with van der Waals surface area (Å²) >= 11 is 0. The number of aryl methyl sites for hydroxylation is 1. The Morgan fingerprint density at radius 3 is 2.41 bits per heavy atom. The van der Waals surface area contributed by atoms with Crippen LogP contribution in [0.5, 0.6) is 0 Å². The van der Waals surface area contributed by atoms with Crippen LogP contribution in [0.1, 0.15) is 57.9 Å². The number of hydrogen-bond acceptors (Lipinski definition) is 8. The van der Waals surface area contributed by atoms with E-state index >= 15 is 0 Å². The second-order valence-corrected chi connectivity index (χ2v) is 10.3. The quantitative estimate of drug-likeness (QED) is 0.356. The van der Waals surface area contributed by atoms with Crippen LogP contribution in [0, 0.1) is 5.92 Å². The van der Waals surface area contributed by atoms with Gasteiger partial charge in [-0.1, -0.05) is 50.1 Å². The van der Waals surface area contributed by atoms with Gasteiger partial charge in [-0.2, -0.15) is 0 Å². The maximum Gasteiger partial charge on any atom is 0.248 e. The largest absolute Gasteiger partial charge is 0.391 e. The van der Waals surface area contributed by atoms with E-state index in [4.69, 9.17) is 14.2 Å². The molecule has 2 aliphatic heterocycles. The van der Waals surface area contributed by atoms with Crippen LogP contribution in [-0.4, -0.2) is 81.7 Å². The Morgan fingerprint density at radius 1 is 1.00 bits per heavy atom. The third-order valence-electron chi connectivity index (χ3n) is 8.03. The molecule has 8 heteroatoms. The van der Waals surface area contributed by atoms with Gasteiger partial charge in [0, 0.05) is 12.3 Å². The zero-order valence-corrected chi connectivity index (χ0v) is 20.5. The van der Waals surface area contributed by atoms with Crippen molar-refractivity contribution >= 4 is 0 Å². The topological polar surface area (TPSA) is 121 Å². The van der Waals surface area contributed by atoms with E-state index in [9.17, 15) is 20.4 Å². The molecular formula is C26H41NO7. The molecule has 0 spiro atoms. The van der Waals surface area contributed by atoms with E-state index in [2.05, 4.69) is 17.4 Å². The summed E-state index contributed by atoms with van der Waals surface area (Å²) in [4.78, 5) is 0. The van der Waals surface area contributed by atoms with Crippen LogP contribution in [0.4, 0.5) is 0 Å². The molecule has 3 fully saturated rings. The molecule has 0 unspecified atom stereocenters. The second kappa shape index (κ2) is 10.5. The Kier molecular flexibility index (Phi) is 8.01. The summed E-state index contributed by atoms with van der Waals surface area (Å²) in [5, 5.41) is 48.2. The maximum absolute atomic E-state index is 11.7. The Bertz CT molecular complexity index is 797. The Morgan fingerprint density at radius 2 is 1.74 bits per heavy atom. The summed E-state index contributed by atoms with van der Waals surface area (Å²) in [5.41, 5.74) is -0.296. The van der Waals surface area contributed by atoms with Crippen molar-refractivity contribution < 1.29 is 34.6 Å². The predicted molar refractivity (Wildman–Crippen MR) is 126 cm³/mol. The van der Waals surface area contributed by atoms with E-state index in [0.29, 0.717) is 19.3 Å². The third-order valence-corrected chi connectivity index (χ3v) is 8.03. The number of aliphatic hydroxyl groups is 4. The molecule has 3 aliphatic rings. The normalized spacial score (nSPS) is 44.3. The van der Waals surface area contributed by atoms with Crippen LogP contribution in [0.25, 0.3) is 0 Å². The number of rotatable bonds is 8. The van der Waals surface area contributed by atoms with Crippen molar-refractivity contribution in [2.45, 2.75) is 113 Å². The molecule has 0 radical (unpaired) electrons. The van der Waals surface area contributed by atoms with Gasteiger partial charge in [0.25, 0.3) is 0 Å². The number of fused-ring (bicyclic) bond motifs is 2. The average Bonchev–Trinajstić information content (AvgIpc) is 2.80. The monoisotopic (exact) mass is 479 g/mol. The van der Waals surface area contributed by atoms with Crippen molar-refractivity contribution in [2.75, 3.05) is 7.05 Å². The van der Waals surface area contributed by atoms with Gasteiger partial charge in [0.1, 0.15) is 17.8 Å². The first-order valence-electron chi connectivity index (χ1n) is 12.7. The molecule has 1 aromatic carbocycles. The summed E-state index contributed by atoms with van der Waals surface area (Å²) in [7, 11) is 1.70. The van der Waals surface area contributed by atoms with Crippen LogP contribution in [0.3, 0.4) is 0 Å². The first kappa shape index (κ1) is 26.0. The van der Waals surface area contributed by atoms with Crippen molar-refractivity contribution in [1.29, 1.82) is 0 Å². The van der Waals surface area contributed by atoms with Gasteiger partial charge in [-0.15, -0.1) is 0 Å². The van der Waals surface area contributed by atoms with Crippen molar-refractivity contribution in [3.8, 4) is 0 Å². The molecule has 1 saturated carbocycles. The molecule has 34 heavy (non-hydrogen) atoms. The molecule has 2 heterocycles. The first-order valence-corrected chi connectivity index (χ1v) is 12.7. The van der Waals surface area contributed by atoms with Crippen LogP contribution in [0.15, 0.2) is 30.3 Å². The van der Waals surface area contributed by atoms with Gasteiger partial charge >= 0.3 is 0 Å². The summed E-state index contributed by atoms with van der Waals surface area (Å²) in [5.74, 6) is -2.51. The van der Waals surface area contributed by atoms with Gasteiger partial charge in [-0.25, -0.2) is 0 Å². The fourth-order valence-corrected chi connectivity index (χ4v) is 6.10. The molecular weight excluding hydrogens is 438 g/mol. The fraction of sp³-hybridized carbons (Fsp3) is 0.769. The number of likely N-dealkylation sites (N-methyl/N-ethyl adjacent to an activating group) is 1. The first-order chi connectivity index (χ1) is 16.2. The molecule has 1 aromatic rings. The summed E-state index contributed by atoms with van der Waals surface area (Å²) in [6, 6.07) is 9.72. The minimum absolute atomic E-state index is 0.201. The Balaban J connectivity index is 1.47. The fourth-order valence-electron chi connectivity index (χ4n) is 6.10. The smallest absolute Gasteiger partial charge is 0.248 e. The van der Waals surface area contributed by atoms with Crippen LogP contribution in [0.2, 0.25) is 0 Å². The minimum atomic E-state index is -2.10. The number of nitrogens with one attached hydrogen (secondary N) is 1. The van der Waals surface area contributed by atoms with E-state index in [1.165, 1.54) is 5.56 Å². The molecule has 8 nitrogen and oxygen atoms in total. The van der Waals surface area contributed by atoms with E-state index in [1.54, 1.807) is 7.05 Å².